The van der Waals surface area contributed by atoms with E-state index in [1.54, 1.807) is 5.54 Å². The molecule has 0 bridgehead atoms. The lowest BCUT2D eigenvalue weighted by molar-refractivity contribution is 0.0410. The molecule has 3 rings (SSSR count). The highest BCUT2D eigenvalue weighted by molar-refractivity contribution is 6.25. The number of hydrogen-bond acceptors (Lipinski definition) is 2. The molecule has 0 radical (unpaired) electrons. The molecule has 0 aromatic heterocycles. The third-order valence-electron chi connectivity index (χ3n) is 6.03. The first-order valence-electron chi connectivity index (χ1n) is 8.87. The minimum Gasteiger partial charge on any atom is -0.308 e. The molecule has 2 aliphatic carbocycles. The van der Waals surface area contributed by atoms with Crippen LogP contribution in [0.5, 0.6) is 0 Å². The summed E-state index contributed by atoms with van der Waals surface area (Å²) in [5.74, 6) is 1.78. The van der Waals surface area contributed by atoms with Crippen molar-refractivity contribution in [3.8, 4) is 0 Å². The Balaban J connectivity index is 1.71. The second-order valence-corrected chi connectivity index (χ2v) is 8.12. The van der Waals surface area contributed by atoms with Crippen LogP contribution in [0.2, 0.25) is 0 Å². The van der Waals surface area contributed by atoms with Gasteiger partial charge in [-0.1, -0.05) is 30.9 Å². The van der Waals surface area contributed by atoms with E-state index in [2.05, 4.69) is 24.1 Å². The molecule has 0 spiro atoms. The van der Waals surface area contributed by atoms with E-state index >= 15 is 0 Å². The quantitative estimate of drug-likeness (QED) is 0.839. The Bertz CT molecular complexity index is 385. The second kappa shape index (κ2) is 6.60. The minimum absolute atomic E-state index is 0.331. The fourth-order valence-corrected chi connectivity index (χ4v) is 4.64. The first-order valence-corrected chi connectivity index (χ1v) is 9.31. The smallest absolute Gasteiger partial charge is 0.0309 e. The maximum Gasteiger partial charge on any atom is 0.0309 e. The predicted octanol–water partition coefficient (Wildman–Crippen LogP) is 4.15. The summed E-state index contributed by atoms with van der Waals surface area (Å²) < 4.78 is 0. The van der Waals surface area contributed by atoms with E-state index in [0.29, 0.717) is 11.6 Å². The van der Waals surface area contributed by atoms with Crippen molar-refractivity contribution in [1.82, 2.24) is 10.2 Å². The van der Waals surface area contributed by atoms with Crippen molar-refractivity contribution >= 4 is 11.6 Å². The molecule has 1 aliphatic heterocycles. The Kier molecular flexibility index (Phi) is 4.97. The number of nitrogens with one attached hydrogen (secondary N) is 1. The molecule has 1 N–H and O–H groups in total. The van der Waals surface area contributed by atoms with Crippen molar-refractivity contribution in [1.29, 1.82) is 0 Å². The van der Waals surface area contributed by atoms with Crippen molar-refractivity contribution in [2.75, 3.05) is 19.6 Å². The molecule has 2 nitrogen and oxygen atoms in total. The molecule has 0 aromatic rings. The standard InChI is InChI=1S/C18H31ClN2/c1-14(10-19)12-21-13-18(2,16-8-9-16)20-11-17(21)15-6-4-3-5-7-15/h10,15-17,20H,3-9,11-13H2,1-2H3. The minimum atomic E-state index is 0.331. The highest BCUT2D eigenvalue weighted by Gasteiger charge is 2.47. The predicted molar refractivity (Wildman–Crippen MR) is 90.7 cm³/mol. The van der Waals surface area contributed by atoms with E-state index in [9.17, 15) is 0 Å². The summed E-state index contributed by atoms with van der Waals surface area (Å²) in [4.78, 5) is 2.75. The summed E-state index contributed by atoms with van der Waals surface area (Å²) in [6.07, 6.45) is 9.97. The molecule has 2 saturated carbocycles. The van der Waals surface area contributed by atoms with Gasteiger partial charge in [-0.05, 0) is 56.9 Å². The van der Waals surface area contributed by atoms with Crippen LogP contribution >= 0.6 is 11.6 Å². The average Bonchev–Trinajstić information content (AvgIpc) is 3.33. The number of hydrogen-bond donors (Lipinski definition) is 1. The lowest BCUT2D eigenvalue weighted by atomic mass is 9.80. The molecule has 1 saturated heterocycles. The molecule has 3 fully saturated rings. The van der Waals surface area contributed by atoms with E-state index in [-0.39, 0.29) is 0 Å². The lowest BCUT2D eigenvalue weighted by Gasteiger charge is -2.50. The summed E-state index contributed by atoms with van der Waals surface area (Å²) in [6, 6.07) is 0.712. The zero-order valence-electron chi connectivity index (χ0n) is 13.7. The normalized spacial score (nSPS) is 36.9. The van der Waals surface area contributed by atoms with Crippen LogP contribution in [0, 0.1) is 11.8 Å². The average molecular weight is 311 g/mol. The fourth-order valence-electron chi connectivity index (χ4n) is 4.57. The van der Waals surface area contributed by atoms with Gasteiger partial charge >= 0.3 is 0 Å². The molecule has 1 heterocycles. The van der Waals surface area contributed by atoms with Crippen molar-refractivity contribution < 1.29 is 0 Å². The van der Waals surface area contributed by atoms with Crippen molar-refractivity contribution in [3.63, 3.8) is 0 Å². The van der Waals surface area contributed by atoms with Gasteiger partial charge in [0.05, 0.1) is 0 Å². The van der Waals surface area contributed by atoms with Crippen LogP contribution in [-0.2, 0) is 0 Å². The summed E-state index contributed by atoms with van der Waals surface area (Å²) in [6.45, 7) is 8.03. The number of piperazine rings is 1. The summed E-state index contributed by atoms with van der Waals surface area (Å²) >= 11 is 5.95. The summed E-state index contributed by atoms with van der Waals surface area (Å²) in [5.41, 5.74) is 3.41. The Labute approximate surface area is 135 Å². The molecule has 120 valence electrons. The summed E-state index contributed by atoms with van der Waals surface area (Å²) in [5, 5.41) is 3.93. The first-order chi connectivity index (χ1) is 10.1. The fraction of sp³-hybridized carbons (Fsp3) is 0.889. The van der Waals surface area contributed by atoms with Gasteiger partial charge in [0, 0.05) is 36.8 Å². The van der Waals surface area contributed by atoms with Gasteiger partial charge in [0.1, 0.15) is 0 Å². The van der Waals surface area contributed by atoms with Gasteiger partial charge in [0.25, 0.3) is 0 Å². The van der Waals surface area contributed by atoms with Gasteiger partial charge in [0.2, 0.25) is 0 Å². The number of nitrogens with zero attached hydrogens (tertiary/aromatic N) is 1. The van der Waals surface area contributed by atoms with Crippen LogP contribution in [0.4, 0.5) is 0 Å². The largest absolute Gasteiger partial charge is 0.308 e. The molecule has 21 heavy (non-hydrogen) atoms. The first kappa shape index (κ1) is 15.8. The van der Waals surface area contributed by atoms with Crippen LogP contribution < -0.4 is 5.32 Å². The van der Waals surface area contributed by atoms with Crippen molar-refractivity contribution in [3.05, 3.63) is 11.1 Å². The Hall–Kier alpha value is -0.0500. The van der Waals surface area contributed by atoms with Crippen LogP contribution in [0.3, 0.4) is 0 Å². The zero-order chi connectivity index (χ0) is 14.9. The highest BCUT2D eigenvalue weighted by atomic mass is 35.5. The van der Waals surface area contributed by atoms with Crippen LogP contribution in [0.15, 0.2) is 11.1 Å². The molecule has 0 aromatic carbocycles. The molecular weight excluding hydrogens is 280 g/mol. The SMILES string of the molecule is CC(=CCl)CN1CC(C)(C2CC2)NCC1C1CCCCC1. The van der Waals surface area contributed by atoms with E-state index in [4.69, 9.17) is 11.6 Å². The Morgan fingerprint density at radius 1 is 1.24 bits per heavy atom. The van der Waals surface area contributed by atoms with E-state index in [1.165, 1.54) is 63.6 Å². The molecule has 2 unspecified atom stereocenters. The van der Waals surface area contributed by atoms with Gasteiger partial charge in [-0.3, -0.25) is 4.90 Å². The maximum atomic E-state index is 5.95. The van der Waals surface area contributed by atoms with Gasteiger partial charge in [-0.2, -0.15) is 0 Å². The van der Waals surface area contributed by atoms with E-state index in [1.807, 2.05) is 0 Å². The van der Waals surface area contributed by atoms with Crippen molar-refractivity contribution in [2.45, 2.75) is 70.4 Å². The molecule has 3 heteroatoms. The van der Waals surface area contributed by atoms with Crippen LogP contribution in [0.25, 0.3) is 0 Å². The molecule has 2 atom stereocenters. The Morgan fingerprint density at radius 2 is 1.95 bits per heavy atom. The van der Waals surface area contributed by atoms with E-state index < -0.39 is 0 Å². The van der Waals surface area contributed by atoms with Gasteiger partial charge in [-0.15, -0.1) is 0 Å². The van der Waals surface area contributed by atoms with E-state index in [0.717, 1.165) is 18.4 Å². The maximum absolute atomic E-state index is 5.95. The zero-order valence-corrected chi connectivity index (χ0v) is 14.5. The topological polar surface area (TPSA) is 15.3 Å². The third-order valence-corrected chi connectivity index (χ3v) is 6.40. The third kappa shape index (κ3) is 3.65. The van der Waals surface area contributed by atoms with Crippen molar-refractivity contribution in [2.24, 2.45) is 11.8 Å². The molecule has 3 aliphatic rings. The Morgan fingerprint density at radius 3 is 2.57 bits per heavy atom. The van der Waals surface area contributed by atoms with Crippen LogP contribution in [-0.4, -0.2) is 36.1 Å². The van der Waals surface area contributed by atoms with Gasteiger partial charge in [0.15, 0.2) is 0 Å². The lowest BCUT2D eigenvalue weighted by Crippen LogP contribution is -2.65. The summed E-state index contributed by atoms with van der Waals surface area (Å²) in [7, 11) is 0. The second-order valence-electron chi connectivity index (χ2n) is 7.90. The van der Waals surface area contributed by atoms with Gasteiger partial charge < -0.3 is 5.32 Å². The molecule has 0 amide bonds. The van der Waals surface area contributed by atoms with Gasteiger partial charge in [-0.25, -0.2) is 0 Å². The monoisotopic (exact) mass is 310 g/mol. The number of halogens is 1. The number of rotatable bonds is 4. The van der Waals surface area contributed by atoms with Crippen LogP contribution in [0.1, 0.15) is 58.8 Å². The molecular formula is C18H31ClN2. The highest BCUT2D eigenvalue weighted by Crippen LogP contribution is 2.42.